The van der Waals surface area contributed by atoms with Gasteiger partial charge in [-0.15, -0.1) is 0 Å². The number of hydrogen-bond donors (Lipinski definition) is 2. The Morgan fingerprint density at radius 1 is 1.15 bits per heavy atom. The van der Waals surface area contributed by atoms with Crippen LogP contribution in [0.4, 0.5) is 15.0 Å². The van der Waals surface area contributed by atoms with Crippen LogP contribution < -0.4 is 21.1 Å². The monoisotopic (exact) mass is 451 g/mol. The minimum atomic E-state index is -0.322. The van der Waals surface area contributed by atoms with Gasteiger partial charge in [-0.05, 0) is 48.6 Å². The number of para-hydroxylation sites is 2. The van der Waals surface area contributed by atoms with Crippen molar-refractivity contribution >= 4 is 22.9 Å². The normalized spacial score (nSPS) is 14.6. The average Bonchev–Trinajstić information content (AvgIpc) is 2.80. The molecule has 1 aliphatic heterocycles. The van der Waals surface area contributed by atoms with Crippen molar-refractivity contribution in [3.63, 3.8) is 0 Å². The first-order chi connectivity index (χ1) is 15.9. The molecule has 0 unspecified atom stereocenters. The van der Waals surface area contributed by atoms with E-state index in [1.165, 1.54) is 12.1 Å². The molecule has 3 aromatic rings. The molecule has 1 fully saturated rings. The fourth-order valence-electron chi connectivity index (χ4n) is 4.23. The molecular formula is C25H30FN5O2. The molecule has 2 amide bonds. The molecule has 7 nitrogen and oxygen atoms in total. The van der Waals surface area contributed by atoms with Gasteiger partial charge in [0.15, 0.2) is 5.82 Å². The van der Waals surface area contributed by atoms with Crippen molar-refractivity contribution in [2.24, 2.45) is 5.92 Å². The van der Waals surface area contributed by atoms with Crippen molar-refractivity contribution in [2.75, 3.05) is 18.0 Å². The largest absolute Gasteiger partial charge is 0.352 e. The molecule has 0 spiro atoms. The summed E-state index contributed by atoms with van der Waals surface area (Å²) < 4.78 is 15.1. The number of anilines is 1. The second-order valence-corrected chi connectivity index (χ2v) is 8.95. The van der Waals surface area contributed by atoms with Crippen LogP contribution in [-0.4, -0.2) is 34.7 Å². The Balaban J connectivity index is 1.39. The Kier molecular flexibility index (Phi) is 6.91. The van der Waals surface area contributed by atoms with Crippen LogP contribution in [0.1, 0.15) is 32.3 Å². The number of halogens is 1. The van der Waals surface area contributed by atoms with Crippen LogP contribution in [0, 0.1) is 11.7 Å². The summed E-state index contributed by atoms with van der Waals surface area (Å²) >= 11 is 0. The van der Waals surface area contributed by atoms with Crippen molar-refractivity contribution in [1.29, 1.82) is 0 Å². The standard InChI is InChI=1S/C25H30FN5O2/c1-17(2)16-31-22-9-4-3-8-21(22)29-23(24(31)32)30-12-10-20(11-13-30)28-25(33)27-15-18-6-5-7-19(26)14-18/h3-9,14,17,20H,10-13,15-16H2,1-2H3,(H2,27,28,33). The first kappa shape index (κ1) is 22.8. The summed E-state index contributed by atoms with van der Waals surface area (Å²) in [5.74, 6) is 0.488. The van der Waals surface area contributed by atoms with E-state index in [0.717, 1.165) is 11.0 Å². The van der Waals surface area contributed by atoms with E-state index in [1.54, 1.807) is 12.1 Å². The van der Waals surface area contributed by atoms with E-state index in [0.29, 0.717) is 49.8 Å². The van der Waals surface area contributed by atoms with Gasteiger partial charge in [-0.2, -0.15) is 0 Å². The van der Waals surface area contributed by atoms with Gasteiger partial charge in [-0.3, -0.25) is 4.79 Å². The van der Waals surface area contributed by atoms with Crippen molar-refractivity contribution in [3.8, 4) is 0 Å². The average molecular weight is 452 g/mol. The van der Waals surface area contributed by atoms with E-state index in [-0.39, 0.29) is 30.0 Å². The minimum Gasteiger partial charge on any atom is -0.352 e. The molecule has 174 valence electrons. The van der Waals surface area contributed by atoms with Crippen LogP contribution >= 0.6 is 0 Å². The minimum absolute atomic E-state index is 0.00658. The fraction of sp³-hybridized carbons (Fsp3) is 0.400. The van der Waals surface area contributed by atoms with Gasteiger partial charge in [0, 0.05) is 32.2 Å². The molecule has 0 saturated carbocycles. The van der Waals surface area contributed by atoms with Gasteiger partial charge in [0.2, 0.25) is 0 Å². The highest BCUT2D eigenvalue weighted by molar-refractivity contribution is 5.76. The summed E-state index contributed by atoms with van der Waals surface area (Å²) in [6, 6.07) is 13.6. The molecule has 0 radical (unpaired) electrons. The van der Waals surface area contributed by atoms with E-state index >= 15 is 0 Å². The Morgan fingerprint density at radius 2 is 1.91 bits per heavy atom. The number of aromatic nitrogens is 2. The van der Waals surface area contributed by atoms with Crippen LogP contribution in [0.3, 0.4) is 0 Å². The van der Waals surface area contributed by atoms with Crippen molar-refractivity contribution in [3.05, 3.63) is 70.3 Å². The highest BCUT2D eigenvalue weighted by Gasteiger charge is 2.24. The highest BCUT2D eigenvalue weighted by atomic mass is 19.1. The smallest absolute Gasteiger partial charge is 0.315 e. The second kappa shape index (κ2) is 10.0. The quantitative estimate of drug-likeness (QED) is 0.600. The third kappa shape index (κ3) is 5.50. The number of piperidine rings is 1. The molecule has 2 N–H and O–H groups in total. The molecule has 0 aliphatic carbocycles. The summed E-state index contributed by atoms with van der Waals surface area (Å²) in [6.45, 7) is 6.36. The molecule has 4 rings (SSSR count). The zero-order valence-electron chi connectivity index (χ0n) is 19.1. The van der Waals surface area contributed by atoms with Crippen LogP contribution in [0.5, 0.6) is 0 Å². The van der Waals surface area contributed by atoms with E-state index in [4.69, 9.17) is 0 Å². The summed E-state index contributed by atoms with van der Waals surface area (Å²) in [4.78, 5) is 32.3. The number of nitrogens with one attached hydrogen (secondary N) is 2. The first-order valence-electron chi connectivity index (χ1n) is 11.4. The molecular weight excluding hydrogens is 421 g/mol. The number of benzene rings is 2. The zero-order chi connectivity index (χ0) is 23.4. The second-order valence-electron chi connectivity index (χ2n) is 8.95. The summed E-state index contributed by atoms with van der Waals surface area (Å²) in [5, 5.41) is 5.76. The lowest BCUT2D eigenvalue weighted by atomic mass is 10.1. The zero-order valence-corrected chi connectivity index (χ0v) is 19.1. The van der Waals surface area contributed by atoms with Gasteiger partial charge in [0.25, 0.3) is 5.56 Å². The summed E-state index contributed by atoms with van der Waals surface area (Å²) in [5.41, 5.74) is 2.30. The van der Waals surface area contributed by atoms with E-state index in [2.05, 4.69) is 29.5 Å². The van der Waals surface area contributed by atoms with E-state index in [1.807, 2.05) is 33.7 Å². The number of hydrogen-bond acceptors (Lipinski definition) is 4. The number of fused-ring (bicyclic) bond motifs is 1. The highest BCUT2D eigenvalue weighted by Crippen LogP contribution is 2.19. The van der Waals surface area contributed by atoms with Crippen molar-refractivity contribution < 1.29 is 9.18 Å². The SMILES string of the molecule is CC(C)Cn1c(=O)c(N2CCC(NC(=O)NCc3cccc(F)c3)CC2)nc2ccccc21. The molecule has 2 heterocycles. The van der Waals surface area contributed by atoms with Crippen LogP contribution in [0.25, 0.3) is 11.0 Å². The lowest BCUT2D eigenvalue weighted by Crippen LogP contribution is -2.49. The lowest BCUT2D eigenvalue weighted by Gasteiger charge is -2.33. The van der Waals surface area contributed by atoms with Gasteiger partial charge in [-0.1, -0.05) is 38.1 Å². The fourth-order valence-corrected chi connectivity index (χ4v) is 4.23. The van der Waals surface area contributed by atoms with E-state index < -0.39 is 0 Å². The number of carbonyl (C=O) groups is 1. The Labute approximate surface area is 192 Å². The van der Waals surface area contributed by atoms with Gasteiger partial charge in [0.1, 0.15) is 5.82 Å². The van der Waals surface area contributed by atoms with Crippen molar-refractivity contribution in [2.45, 2.75) is 45.8 Å². The Hall–Kier alpha value is -3.42. The summed E-state index contributed by atoms with van der Waals surface area (Å²) in [7, 11) is 0. The molecule has 0 atom stereocenters. The number of urea groups is 1. The predicted molar refractivity (Wildman–Crippen MR) is 128 cm³/mol. The predicted octanol–water partition coefficient (Wildman–Crippen LogP) is 3.66. The number of amides is 2. The Morgan fingerprint density at radius 3 is 2.64 bits per heavy atom. The Bertz CT molecular complexity index is 1180. The first-order valence-corrected chi connectivity index (χ1v) is 11.4. The van der Waals surface area contributed by atoms with Gasteiger partial charge < -0.3 is 20.1 Å². The van der Waals surface area contributed by atoms with Gasteiger partial charge >= 0.3 is 6.03 Å². The number of nitrogens with zero attached hydrogens (tertiary/aromatic N) is 3. The number of rotatable bonds is 6. The summed E-state index contributed by atoms with van der Waals surface area (Å²) in [6.07, 6.45) is 1.43. The molecule has 33 heavy (non-hydrogen) atoms. The van der Waals surface area contributed by atoms with Crippen LogP contribution in [-0.2, 0) is 13.1 Å². The molecule has 1 saturated heterocycles. The maximum Gasteiger partial charge on any atom is 0.315 e. The third-order valence-corrected chi connectivity index (χ3v) is 5.85. The van der Waals surface area contributed by atoms with E-state index in [9.17, 15) is 14.0 Å². The third-order valence-electron chi connectivity index (χ3n) is 5.85. The molecule has 1 aliphatic rings. The van der Waals surface area contributed by atoms with Crippen LogP contribution in [0.15, 0.2) is 53.3 Å². The van der Waals surface area contributed by atoms with Crippen LogP contribution in [0.2, 0.25) is 0 Å². The molecule has 0 bridgehead atoms. The van der Waals surface area contributed by atoms with Gasteiger partial charge in [0.05, 0.1) is 11.0 Å². The van der Waals surface area contributed by atoms with Crippen molar-refractivity contribution in [1.82, 2.24) is 20.2 Å². The number of carbonyl (C=O) groups excluding carboxylic acids is 1. The maximum atomic E-state index is 13.3. The topological polar surface area (TPSA) is 79.3 Å². The van der Waals surface area contributed by atoms with Gasteiger partial charge in [-0.25, -0.2) is 14.2 Å². The maximum absolute atomic E-state index is 13.3. The molecule has 8 heteroatoms. The molecule has 1 aromatic heterocycles. The molecule has 2 aromatic carbocycles. The lowest BCUT2D eigenvalue weighted by molar-refractivity contribution is 0.234.